The van der Waals surface area contributed by atoms with E-state index in [9.17, 15) is 0 Å². The van der Waals surface area contributed by atoms with Gasteiger partial charge in [0.1, 0.15) is 12.4 Å². The molecule has 0 bridgehead atoms. The molecule has 0 aliphatic heterocycles. The monoisotopic (exact) mass is 307 g/mol. The number of hydrogen-bond donors (Lipinski definition) is 1. The Balaban J connectivity index is 2.93. The zero-order valence-corrected chi connectivity index (χ0v) is 14.2. The first-order valence-electron chi connectivity index (χ1n) is 7.12. The van der Waals surface area contributed by atoms with Crippen LogP contribution < -0.4 is 4.74 Å². The first-order chi connectivity index (χ1) is 10.2. The molecule has 3 nitrogen and oxygen atoms in total. The molecule has 0 aromatic heterocycles. The van der Waals surface area contributed by atoms with Gasteiger partial charge in [-0.3, -0.25) is 4.90 Å². The lowest BCUT2D eigenvalue weighted by molar-refractivity contribution is 0.244. The molecule has 1 N–H and O–H groups in total. The number of aliphatic hydroxyl groups excluding tert-OH is 1. The molecule has 1 atom stereocenters. The minimum absolute atomic E-state index is 0.118. The Kier molecular flexibility index (Phi) is 8.29. The van der Waals surface area contributed by atoms with E-state index in [0.29, 0.717) is 6.04 Å². The molecule has 4 heteroatoms. The van der Waals surface area contributed by atoms with Crippen molar-refractivity contribution in [2.75, 3.05) is 32.8 Å². The average Bonchev–Trinajstić information content (AvgIpc) is 2.50. The summed E-state index contributed by atoms with van der Waals surface area (Å²) in [6.45, 7) is 2.93. The number of hydrogen-bond acceptors (Lipinski definition) is 4. The molecule has 1 rings (SSSR count). The molecular formula is C17H25NO2S. The Labute approximate surface area is 132 Å². The maximum atomic E-state index is 8.80. The van der Waals surface area contributed by atoms with Crippen LogP contribution in [-0.2, 0) is 6.54 Å². The average molecular weight is 307 g/mol. The second-order valence-electron chi connectivity index (χ2n) is 4.92. The van der Waals surface area contributed by atoms with Gasteiger partial charge in [-0.2, -0.15) is 11.8 Å². The Hall–Kier alpha value is -1.15. The maximum absolute atomic E-state index is 8.80. The summed E-state index contributed by atoms with van der Waals surface area (Å²) in [5.74, 6) is 7.64. The van der Waals surface area contributed by atoms with E-state index in [2.05, 4.69) is 37.0 Å². The lowest BCUT2D eigenvalue weighted by Crippen LogP contribution is -2.32. The predicted octanol–water partition coefficient (Wildman–Crippen LogP) is 2.61. The van der Waals surface area contributed by atoms with Gasteiger partial charge >= 0.3 is 0 Å². The number of nitrogens with zero attached hydrogens (tertiary/aromatic N) is 1. The fourth-order valence-corrected chi connectivity index (χ4v) is 3.14. The third-order valence-corrected chi connectivity index (χ3v) is 4.18. The van der Waals surface area contributed by atoms with Gasteiger partial charge in [0.05, 0.1) is 7.11 Å². The van der Waals surface area contributed by atoms with E-state index >= 15 is 0 Å². The summed E-state index contributed by atoms with van der Waals surface area (Å²) in [6.07, 6.45) is 3.27. The van der Waals surface area contributed by atoms with Crippen LogP contribution in [-0.4, -0.2) is 48.8 Å². The molecule has 0 heterocycles. The van der Waals surface area contributed by atoms with Gasteiger partial charge in [-0.1, -0.05) is 18.8 Å². The summed E-state index contributed by atoms with van der Waals surface area (Å²) in [5, 5.41) is 8.80. The van der Waals surface area contributed by atoms with Crippen molar-refractivity contribution >= 4 is 11.8 Å². The number of methoxy groups -OCH3 is 1. The maximum Gasteiger partial charge on any atom is 0.123 e. The highest BCUT2D eigenvalue weighted by Crippen LogP contribution is 2.22. The lowest BCUT2D eigenvalue weighted by atomic mass is 10.1. The van der Waals surface area contributed by atoms with Gasteiger partial charge in [0.25, 0.3) is 0 Å². The SMILES string of the molecule is CCC(CSC)N(C)Cc1cc(C#CCO)ccc1OC. The predicted molar refractivity (Wildman–Crippen MR) is 90.9 cm³/mol. The highest BCUT2D eigenvalue weighted by atomic mass is 32.2. The zero-order chi connectivity index (χ0) is 15.7. The van der Waals surface area contributed by atoms with Gasteiger partial charge in [-0.25, -0.2) is 0 Å². The smallest absolute Gasteiger partial charge is 0.123 e. The summed E-state index contributed by atoms with van der Waals surface area (Å²) in [5.41, 5.74) is 2.04. The van der Waals surface area contributed by atoms with Crippen molar-refractivity contribution in [1.29, 1.82) is 0 Å². The molecule has 21 heavy (non-hydrogen) atoms. The van der Waals surface area contributed by atoms with Crippen molar-refractivity contribution in [2.45, 2.75) is 25.9 Å². The molecule has 0 aliphatic rings. The van der Waals surface area contributed by atoms with Crippen molar-refractivity contribution in [3.8, 4) is 17.6 Å². The van der Waals surface area contributed by atoms with Crippen molar-refractivity contribution in [3.05, 3.63) is 29.3 Å². The number of rotatable bonds is 7. The molecule has 0 fully saturated rings. The van der Waals surface area contributed by atoms with E-state index in [1.165, 1.54) is 0 Å². The summed E-state index contributed by atoms with van der Waals surface area (Å²) < 4.78 is 5.45. The standard InChI is InChI=1S/C17H25NO2S/c1-5-16(13-21-4)18(2)12-15-11-14(7-6-10-19)8-9-17(15)20-3/h8-9,11,16,19H,5,10,12-13H2,1-4H3. The molecule has 0 amide bonds. The zero-order valence-electron chi connectivity index (χ0n) is 13.3. The lowest BCUT2D eigenvalue weighted by Gasteiger charge is -2.27. The molecule has 0 aliphatic carbocycles. The fraction of sp³-hybridized carbons (Fsp3) is 0.529. The van der Waals surface area contributed by atoms with Crippen LogP contribution >= 0.6 is 11.8 Å². The van der Waals surface area contributed by atoms with Crippen LogP contribution in [0, 0.1) is 11.8 Å². The van der Waals surface area contributed by atoms with E-state index in [0.717, 1.165) is 35.6 Å². The van der Waals surface area contributed by atoms with Crippen LogP contribution in [0.4, 0.5) is 0 Å². The third kappa shape index (κ3) is 5.62. The number of benzene rings is 1. The van der Waals surface area contributed by atoms with Gasteiger partial charge in [0.15, 0.2) is 0 Å². The van der Waals surface area contributed by atoms with Crippen LogP contribution in [0.3, 0.4) is 0 Å². The van der Waals surface area contributed by atoms with Crippen LogP contribution in [0.25, 0.3) is 0 Å². The van der Waals surface area contributed by atoms with E-state index < -0.39 is 0 Å². The first kappa shape index (κ1) is 17.9. The van der Waals surface area contributed by atoms with Crippen molar-refractivity contribution < 1.29 is 9.84 Å². The van der Waals surface area contributed by atoms with E-state index in [-0.39, 0.29) is 6.61 Å². The van der Waals surface area contributed by atoms with Gasteiger partial charge in [0.2, 0.25) is 0 Å². The molecule has 0 radical (unpaired) electrons. The highest BCUT2D eigenvalue weighted by molar-refractivity contribution is 7.98. The Morgan fingerprint density at radius 3 is 2.76 bits per heavy atom. The molecular weight excluding hydrogens is 282 g/mol. The number of ether oxygens (including phenoxy) is 1. The Bertz CT molecular complexity index is 493. The van der Waals surface area contributed by atoms with Crippen LogP contribution in [0.1, 0.15) is 24.5 Å². The van der Waals surface area contributed by atoms with Crippen molar-refractivity contribution in [1.82, 2.24) is 4.90 Å². The number of aliphatic hydroxyl groups is 1. The van der Waals surface area contributed by atoms with Gasteiger partial charge < -0.3 is 9.84 Å². The quantitative estimate of drug-likeness (QED) is 0.785. The molecule has 0 spiro atoms. The second kappa shape index (κ2) is 9.73. The van der Waals surface area contributed by atoms with E-state index in [4.69, 9.17) is 9.84 Å². The molecule has 0 saturated carbocycles. The third-order valence-electron chi connectivity index (χ3n) is 3.47. The topological polar surface area (TPSA) is 32.7 Å². The van der Waals surface area contributed by atoms with Gasteiger partial charge in [0, 0.05) is 29.5 Å². The molecule has 0 saturated heterocycles. The number of thioether (sulfide) groups is 1. The normalized spacial score (nSPS) is 11.9. The van der Waals surface area contributed by atoms with E-state index in [1.807, 2.05) is 30.0 Å². The summed E-state index contributed by atoms with van der Waals surface area (Å²) in [7, 11) is 3.84. The van der Waals surface area contributed by atoms with Crippen molar-refractivity contribution in [2.24, 2.45) is 0 Å². The van der Waals surface area contributed by atoms with Crippen molar-refractivity contribution in [3.63, 3.8) is 0 Å². The fourth-order valence-electron chi connectivity index (χ4n) is 2.27. The first-order valence-corrected chi connectivity index (χ1v) is 8.51. The van der Waals surface area contributed by atoms with E-state index in [1.54, 1.807) is 7.11 Å². The second-order valence-corrected chi connectivity index (χ2v) is 5.83. The van der Waals surface area contributed by atoms with Crippen LogP contribution in [0.2, 0.25) is 0 Å². The van der Waals surface area contributed by atoms with Gasteiger partial charge in [-0.05, 0) is 37.9 Å². The summed E-state index contributed by atoms with van der Waals surface area (Å²) in [6, 6.07) is 6.46. The molecule has 1 aromatic rings. The largest absolute Gasteiger partial charge is 0.496 e. The summed E-state index contributed by atoms with van der Waals surface area (Å²) in [4.78, 5) is 2.36. The molecule has 1 unspecified atom stereocenters. The molecule has 116 valence electrons. The molecule has 1 aromatic carbocycles. The Morgan fingerprint density at radius 1 is 1.43 bits per heavy atom. The van der Waals surface area contributed by atoms with Crippen LogP contribution in [0.15, 0.2) is 18.2 Å². The van der Waals surface area contributed by atoms with Gasteiger partial charge in [-0.15, -0.1) is 0 Å². The van der Waals surface area contributed by atoms with Crippen LogP contribution in [0.5, 0.6) is 5.75 Å². The highest BCUT2D eigenvalue weighted by Gasteiger charge is 2.14. The Morgan fingerprint density at radius 2 is 2.19 bits per heavy atom. The minimum Gasteiger partial charge on any atom is -0.496 e. The minimum atomic E-state index is -0.118. The summed E-state index contributed by atoms with van der Waals surface area (Å²) >= 11 is 1.87.